The molecule has 0 aliphatic rings. The highest BCUT2D eigenvalue weighted by atomic mass is 16.5. The number of hydrogen-bond acceptors (Lipinski definition) is 3. The molecule has 2 aromatic rings. The van der Waals surface area contributed by atoms with Crippen LogP contribution in [0.15, 0.2) is 24.3 Å². The van der Waals surface area contributed by atoms with Gasteiger partial charge in [0.2, 0.25) is 0 Å². The van der Waals surface area contributed by atoms with Crippen LogP contribution in [0.3, 0.4) is 0 Å². The maximum absolute atomic E-state index is 12.4. The Hall–Kier alpha value is -2.30. The van der Waals surface area contributed by atoms with Crippen LogP contribution >= 0.6 is 0 Å². The molecular weight excluding hydrogens is 314 g/mol. The van der Waals surface area contributed by atoms with E-state index < -0.39 is 0 Å². The van der Waals surface area contributed by atoms with Gasteiger partial charge in [-0.1, -0.05) is 26.0 Å². The lowest BCUT2D eigenvalue weighted by Gasteiger charge is -2.22. The molecule has 1 aromatic carbocycles. The van der Waals surface area contributed by atoms with E-state index in [1.54, 1.807) is 0 Å². The number of rotatable bonds is 5. The molecule has 1 N–H and O–H groups in total. The van der Waals surface area contributed by atoms with E-state index in [0.717, 1.165) is 22.6 Å². The molecule has 1 amide bonds. The van der Waals surface area contributed by atoms with Gasteiger partial charge in [-0.25, -0.2) is 4.68 Å². The van der Waals surface area contributed by atoms with E-state index in [-0.39, 0.29) is 18.1 Å². The van der Waals surface area contributed by atoms with E-state index >= 15 is 0 Å². The van der Waals surface area contributed by atoms with Crippen molar-refractivity contribution in [3.8, 4) is 5.75 Å². The second kappa shape index (κ2) is 7.30. The molecule has 0 aliphatic carbocycles. The van der Waals surface area contributed by atoms with Crippen LogP contribution in [-0.4, -0.2) is 22.3 Å². The van der Waals surface area contributed by atoms with Crippen LogP contribution in [0, 0.1) is 13.8 Å². The number of aryl methyl sites for hydroxylation is 2. The smallest absolute Gasteiger partial charge is 0.263 e. The summed E-state index contributed by atoms with van der Waals surface area (Å²) in [6.45, 7) is 14.3. The quantitative estimate of drug-likeness (QED) is 0.875. The third-order valence-corrected chi connectivity index (χ3v) is 3.88. The number of nitrogens with one attached hydrogen (secondary N) is 1. The van der Waals surface area contributed by atoms with Gasteiger partial charge < -0.3 is 10.1 Å². The molecule has 0 spiro atoms. The summed E-state index contributed by atoms with van der Waals surface area (Å²) in [6.07, 6.45) is 0. The number of anilines is 1. The highest BCUT2D eigenvalue weighted by Crippen LogP contribution is 2.27. The second-order valence-corrected chi connectivity index (χ2v) is 7.79. The molecule has 1 heterocycles. The van der Waals surface area contributed by atoms with Gasteiger partial charge >= 0.3 is 0 Å². The Bertz CT molecular complexity index is 755. The lowest BCUT2D eigenvalue weighted by molar-refractivity contribution is -0.118. The first-order valence-electron chi connectivity index (χ1n) is 8.68. The first-order chi connectivity index (χ1) is 11.6. The molecule has 2 rings (SSSR count). The maximum atomic E-state index is 12.4. The molecule has 0 saturated carbocycles. The van der Waals surface area contributed by atoms with Gasteiger partial charge in [-0.3, -0.25) is 4.79 Å². The summed E-state index contributed by atoms with van der Waals surface area (Å²) in [5.74, 6) is 1.60. The lowest BCUT2D eigenvalue weighted by Crippen LogP contribution is -2.28. The number of carbonyl (C=O) groups is 1. The second-order valence-electron chi connectivity index (χ2n) is 7.79. The van der Waals surface area contributed by atoms with Crippen LogP contribution in [0.1, 0.15) is 57.4 Å². The summed E-state index contributed by atoms with van der Waals surface area (Å²) >= 11 is 0. The van der Waals surface area contributed by atoms with Crippen LogP contribution in [0.25, 0.3) is 0 Å². The van der Waals surface area contributed by atoms with Crippen LogP contribution in [0.5, 0.6) is 5.75 Å². The molecule has 136 valence electrons. The zero-order valence-electron chi connectivity index (χ0n) is 16.3. The average molecular weight is 343 g/mol. The van der Waals surface area contributed by atoms with Gasteiger partial charge in [0.05, 0.1) is 11.2 Å². The zero-order chi connectivity index (χ0) is 18.8. The largest absolute Gasteiger partial charge is 0.483 e. The van der Waals surface area contributed by atoms with Crippen LogP contribution in [0.4, 0.5) is 5.82 Å². The third kappa shape index (κ3) is 4.84. The monoisotopic (exact) mass is 343 g/mol. The summed E-state index contributed by atoms with van der Waals surface area (Å²) in [5, 5.41) is 7.37. The Labute approximate surface area is 150 Å². The maximum Gasteiger partial charge on any atom is 0.263 e. The molecule has 0 unspecified atom stereocenters. The first-order valence-corrected chi connectivity index (χ1v) is 8.68. The molecule has 0 saturated heterocycles. The van der Waals surface area contributed by atoms with E-state index in [9.17, 15) is 4.79 Å². The third-order valence-electron chi connectivity index (χ3n) is 3.88. The Morgan fingerprint density at radius 3 is 2.52 bits per heavy atom. The summed E-state index contributed by atoms with van der Waals surface area (Å²) in [4.78, 5) is 12.4. The molecule has 0 radical (unpaired) electrons. The number of benzene rings is 1. The van der Waals surface area contributed by atoms with Crippen molar-refractivity contribution >= 4 is 11.7 Å². The fraction of sp³-hybridized carbons (Fsp3) is 0.500. The summed E-state index contributed by atoms with van der Waals surface area (Å²) in [6, 6.07) is 7.97. The molecule has 5 nitrogen and oxygen atoms in total. The van der Waals surface area contributed by atoms with E-state index in [1.807, 2.05) is 51.4 Å². The van der Waals surface area contributed by atoms with Gasteiger partial charge in [0.1, 0.15) is 11.6 Å². The van der Waals surface area contributed by atoms with Crippen molar-refractivity contribution in [2.45, 2.75) is 59.9 Å². The van der Waals surface area contributed by atoms with Gasteiger partial charge in [-0.2, -0.15) is 5.10 Å². The van der Waals surface area contributed by atoms with Crippen LogP contribution in [0.2, 0.25) is 0 Å². The molecule has 25 heavy (non-hydrogen) atoms. The summed E-state index contributed by atoms with van der Waals surface area (Å²) < 4.78 is 7.63. The predicted octanol–water partition coefficient (Wildman–Crippen LogP) is 4.40. The molecule has 0 fully saturated rings. The number of amides is 1. The fourth-order valence-corrected chi connectivity index (χ4v) is 2.67. The molecule has 0 bridgehead atoms. The van der Waals surface area contributed by atoms with Crippen molar-refractivity contribution in [1.82, 2.24) is 9.78 Å². The van der Waals surface area contributed by atoms with Crippen molar-refractivity contribution in [1.29, 1.82) is 0 Å². The highest BCUT2D eigenvalue weighted by Gasteiger charge is 2.20. The van der Waals surface area contributed by atoms with E-state index in [4.69, 9.17) is 4.74 Å². The Balaban J connectivity index is 2.09. The number of nitrogens with zero attached hydrogens (tertiary/aromatic N) is 2. The minimum Gasteiger partial charge on any atom is -0.483 e. The first kappa shape index (κ1) is 19.0. The summed E-state index contributed by atoms with van der Waals surface area (Å²) in [7, 11) is 0. The van der Waals surface area contributed by atoms with Gasteiger partial charge in [0.15, 0.2) is 6.61 Å². The molecular formula is C20H29N3O2. The zero-order valence-corrected chi connectivity index (χ0v) is 16.3. The number of ether oxygens (including phenoxy) is 1. The van der Waals surface area contributed by atoms with E-state index in [1.165, 1.54) is 0 Å². The topological polar surface area (TPSA) is 56.1 Å². The van der Waals surface area contributed by atoms with Crippen LogP contribution < -0.4 is 10.1 Å². The van der Waals surface area contributed by atoms with Crippen molar-refractivity contribution in [3.05, 3.63) is 41.1 Å². The van der Waals surface area contributed by atoms with Gasteiger partial charge in [0, 0.05) is 6.07 Å². The Kier molecular flexibility index (Phi) is 5.55. The summed E-state index contributed by atoms with van der Waals surface area (Å²) in [5.41, 5.74) is 2.88. The number of aromatic nitrogens is 2. The predicted molar refractivity (Wildman–Crippen MR) is 101 cm³/mol. The minimum atomic E-state index is -0.209. The number of hydrogen-bond donors (Lipinski definition) is 1. The molecule has 1 aromatic heterocycles. The Morgan fingerprint density at radius 2 is 1.92 bits per heavy atom. The van der Waals surface area contributed by atoms with E-state index in [0.29, 0.717) is 11.7 Å². The normalized spacial score (nSPS) is 11.7. The fourth-order valence-electron chi connectivity index (χ4n) is 2.67. The van der Waals surface area contributed by atoms with Gasteiger partial charge in [0.25, 0.3) is 5.91 Å². The average Bonchev–Trinajstić information content (AvgIpc) is 2.85. The SMILES string of the molecule is Cc1ccc(C(C)C)c(OCC(=O)Nc2cc(C)nn2C(C)(C)C)c1. The molecule has 5 heteroatoms. The van der Waals surface area contributed by atoms with Crippen molar-refractivity contribution < 1.29 is 9.53 Å². The standard InChI is InChI=1S/C20H29N3O2/c1-13(2)16-9-8-14(3)10-17(16)25-12-19(24)21-18-11-15(4)22-23(18)20(5,6)7/h8-11,13H,12H2,1-7H3,(H,21,24). The van der Waals surface area contributed by atoms with Crippen LogP contribution in [-0.2, 0) is 10.3 Å². The lowest BCUT2D eigenvalue weighted by atomic mass is 10.0. The van der Waals surface area contributed by atoms with Crippen molar-refractivity contribution in [2.24, 2.45) is 0 Å². The minimum absolute atomic E-state index is 0.0302. The highest BCUT2D eigenvalue weighted by molar-refractivity contribution is 5.91. The van der Waals surface area contributed by atoms with Gasteiger partial charge in [-0.05, 0) is 57.7 Å². The van der Waals surface area contributed by atoms with Crippen molar-refractivity contribution in [2.75, 3.05) is 11.9 Å². The van der Waals surface area contributed by atoms with Crippen molar-refractivity contribution in [3.63, 3.8) is 0 Å². The molecule has 0 atom stereocenters. The Morgan fingerprint density at radius 1 is 1.24 bits per heavy atom. The van der Waals surface area contributed by atoms with Gasteiger partial charge in [-0.15, -0.1) is 0 Å². The molecule has 0 aliphatic heterocycles. The van der Waals surface area contributed by atoms with E-state index in [2.05, 4.69) is 36.4 Å². The number of carbonyl (C=O) groups excluding carboxylic acids is 1.